The van der Waals surface area contributed by atoms with Gasteiger partial charge in [-0.1, -0.05) is 24.3 Å². The number of halogens is 2. The number of para-hydroxylation sites is 1. The van der Waals surface area contributed by atoms with Gasteiger partial charge >= 0.3 is 5.97 Å². The summed E-state index contributed by atoms with van der Waals surface area (Å²) in [6.07, 6.45) is 0.609. The van der Waals surface area contributed by atoms with E-state index in [4.69, 9.17) is 4.74 Å². The molecule has 1 heterocycles. The lowest BCUT2D eigenvalue weighted by atomic mass is 10.1. The first-order valence-electron chi connectivity index (χ1n) is 7.51. The SMILES string of the molecule is C[C@@H](OC(=O)Cc1c(F)cccc1F)c1cnc2ccccc2c1. The molecule has 3 rings (SSSR count). The minimum Gasteiger partial charge on any atom is -0.457 e. The number of aromatic nitrogens is 1. The normalized spacial score (nSPS) is 12.1. The number of carbonyl (C=O) groups is 1. The predicted molar refractivity (Wildman–Crippen MR) is 86.3 cm³/mol. The van der Waals surface area contributed by atoms with Crippen LogP contribution in [0.1, 0.15) is 24.2 Å². The van der Waals surface area contributed by atoms with Crippen LogP contribution in [-0.4, -0.2) is 11.0 Å². The van der Waals surface area contributed by atoms with Gasteiger partial charge in [-0.15, -0.1) is 0 Å². The van der Waals surface area contributed by atoms with E-state index in [0.717, 1.165) is 28.6 Å². The zero-order valence-electron chi connectivity index (χ0n) is 13.0. The van der Waals surface area contributed by atoms with Crippen LogP contribution in [-0.2, 0) is 16.0 Å². The molecule has 0 aliphatic carbocycles. The fourth-order valence-corrected chi connectivity index (χ4v) is 2.46. The molecule has 0 N–H and O–H groups in total. The van der Waals surface area contributed by atoms with Crippen molar-refractivity contribution in [2.75, 3.05) is 0 Å². The summed E-state index contributed by atoms with van der Waals surface area (Å²) in [5, 5.41) is 0.929. The molecule has 0 unspecified atom stereocenters. The smallest absolute Gasteiger partial charge is 0.311 e. The van der Waals surface area contributed by atoms with Gasteiger partial charge in [-0.05, 0) is 31.2 Å². The molecule has 5 heteroatoms. The first-order valence-corrected chi connectivity index (χ1v) is 7.51. The Morgan fingerprint density at radius 1 is 1.12 bits per heavy atom. The lowest BCUT2D eigenvalue weighted by Gasteiger charge is -2.14. The average molecular weight is 327 g/mol. The highest BCUT2D eigenvalue weighted by Crippen LogP contribution is 2.22. The maximum Gasteiger partial charge on any atom is 0.311 e. The number of nitrogens with zero attached hydrogens (tertiary/aromatic N) is 1. The fourth-order valence-electron chi connectivity index (χ4n) is 2.46. The number of ether oxygens (including phenoxy) is 1. The van der Waals surface area contributed by atoms with Gasteiger partial charge in [0.25, 0.3) is 0 Å². The number of pyridine rings is 1. The molecule has 2 aromatic carbocycles. The highest BCUT2D eigenvalue weighted by atomic mass is 19.1. The van der Waals surface area contributed by atoms with Crippen LogP contribution in [0.4, 0.5) is 8.78 Å². The molecule has 0 amide bonds. The minimum atomic E-state index is -0.757. The third-order valence-corrected chi connectivity index (χ3v) is 3.77. The highest BCUT2D eigenvalue weighted by Gasteiger charge is 2.17. The molecular formula is C19H15F2NO2. The maximum atomic E-state index is 13.6. The van der Waals surface area contributed by atoms with Crippen molar-refractivity contribution in [2.45, 2.75) is 19.4 Å². The summed E-state index contributed by atoms with van der Waals surface area (Å²) in [6, 6.07) is 12.9. The Kier molecular flexibility index (Phi) is 4.51. The second-order valence-corrected chi connectivity index (χ2v) is 5.47. The monoisotopic (exact) mass is 327 g/mol. The topological polar surface area (TPSA) is 39.2 Å². The molecule has 3 aromatic rings. The second kappa shape index (κ2) is 6.74. The van der Waals surface area contributed by atoms with Gasteiger partial charge in [-0.25, -0.2) is 8.78 Å². The summed E-state index contributed by atoms with van der Waals surface area (Å²) in [6.45, 7) is 1.70. The van der Waals surface area contributed by atoms with E-state index in [1.807, 2.05) is 30.3 Å². The summed E-state index contributed by atoms with van der Waals surface area (Å²) in [5.74, 6) is -2.21. The fraction of sp³-hybridized carbons (Fsp3) is 0.158. The van der Waals surface area contributed by atoms with Crippen molar-refractivity contribution >= 4 is 16.9 Å². The van der Waals surface area contributed by atoms with Crippen molar-refractivity contribution < 1.29 is 18.3 Å². The number of carbonyl (C=O) groups excluding carboxylic acids is 1. The third-order valence-electron chi connectivity index (χ3n) is 3.77. The number of hydrogen-bond donors (Lipinski definition) is 0. The molecule has 0 saturated carbocycles. The van der Waals surface area contributed by atoms with E-state index in [-0.39, 0.29) is 5.56 Å². The van der Waals surface area contributed by atoms with Crippen LogP contribution in [0.15, 0.2) is 54.7 Å². The Morgan fingerprint density at radius 3 is 2.58 bits per heavy atom. The molecule has 0 aliphatic rings. The first-order chi connectivity index (χ1) is 11.5. The Morgan fingerprint density at radius 2 is 1.83 bits per heavy atom. The van der Waals surface area contributed by atoms with Gasteiger partial charge in [0.1, 0.15) is 17.7 Å². The van der Waals surface area contributed by atoms with Gasteiger partial charge in [0.2, 0.25) is 0 Å². The van der Waals surface area contributed by atoms with E-state index in [0.29, 0.717) is 0 Å². The number of rotatable bonds is 4. The Hall–Kier alpha value is -2.82. The summed E-state index contributed by atoms with van der Waals surface area (Å²) < 4.78 is 32.5. The molecule has 0 saturated heterocycles. The van der Waals surface area contributed by atoms with E-state index in [2.05, 4.69) is 4.98 Å². The number of esters is 1. The molecule has 3 nitrogen and oxygen atoms in total. The zero-order valence-corrected chi connectivity index (χ0v) is 13.0. The van der Waals surface area contributed by atoms with E-state index in [1.165, 1.54) is 6.07 Å². The lowest BCUT2D eigenvalue weighted by molar-refractivity contribution is -0.147. The molecule has 0 spiro atoms. The standard InChI is InChI=1S/C19H15F2NO2/c1-12(14-9-13-5-2-3-8-18(13)22-11-14)24-19(23)10-15-16(20)6-4-7-17(15)21/h2-9,11-12H,10H2,1H3/t12-/m1/s1. The van der Waals surface area contributed by atoms with Crippen LogP contribution < -0.4 is 0 Å². The molecule has 0 aliphatic heterocycles. The summed E-state index contributed by atoms with van der Waals surface area (Å²) >= 11 is 0. The van der Waals surface area contributed by atoms with E-state index in [9.17, 15) is 13.6 Å². The van der Waals surface area contributed by atoms with Gasteiger partial charge in [-0.3, -0.25) is 9.78 Å². The van der Waals surface area contributed by atoms with Crippen LogP contribution in [0.5, 0.6) is 0 Å². The summed E-state index contributed by atoms with van der Waals surface area (Å²) in [4.78, 5) is 16.3. The molecule has 122 valence electrons. The Labute approximate surface area is 137 Å². The molecule has 1 aromatic heterocycles. The van der Waals surface area contributed by atoms with Crippen LogP contribution in [0, 0.1) is 11.6 Å². The minimum absolute atomic E-state index is 0.286. The highest BCUT2D eigenvalue weighted by molar-refractivity contribution is 5.79. The largest absolute Gasteiger partial charge is 0.457 e. The van der Waals surface area contributed by atoms with Crippen LogP contribution in [0.25, 0.3) is 10.9 Å². The molecule has 0 bridgehead atoms. The summed E-state index contributed by atoms with van der Waals surface area (Å²) in [5.41, 5.74) is 1.27. The zero-order chi connectivity index (χ0) is 17.1. The quantitative estimate of drug-likeness (QED) is 0.668. The van der Waals surface area contributed by atoms with Gasteiger partial charge in [-0.2, -0.15) is 0 Å². The number of benzene rings is 2. The van der Waals surface area contributed by atoms with Gasteiger partial charge in [0.05, 0.1) is 11.9 Å². The second-order valence-electron chi connectivity index (χ2n) is 5.47. The van der Waals surface area contributed by atoms with Gasteiger partial charge in [0, 0.05) is 22.7 Å². The lowest BCUT2D eigenvalue weighted by Crippen LogP contribution is -2.13. The average Bonchev–Trinajstić information content (AvgIpc) is 2.58. The van der Waals surface area contributed by atoms with Crippen LogP contribution >= 0.6 is 0 Å². The van der Waals surface area contributed by atoms with E-state index < -0.39 is 30.1 Å². The third kappa shape index (κ3) is 3.40. The van der Waals surface area contributed by atoms with Gasteiger partial charge < -0.3 is 4.74 Å². The van der Waals surface area contributed by atoms with Crippen molar-refractivity contribution in [3.63, 3.8) is 0 Å². The van der Waals surface area contributed by atoms with Crippen LogP contribution in [0.3, 0.4) is 0 Å². The molecule has 0 radical (unpaired) electrons. The molecule has 1 atom stereocenters. The van der Waals surface area contributed by atoms with Crippen molar-refractivity contribution in [1.29, 1.82) is 0 Å². The van der Waals surface area contributed by atoms with E-state index in [1.54, 1.807) is 13.1 Å². The van der Waals surface area contributed by atoms with Crippen molar-refractivity contribution in [1.82, 2.24) is 4.98 Å². The van der Waals surface area contributed by atoms with Crippen molar-refractivity contribution in [2.24, 2.45) is 0 Å². The summed E-state index contributed by atoms with van der Waals surface area (Å²) in [7, 11) is 0. The molecule has 0 fully saturated rings. The molecule has 24 heavy (non-hydrogen) atoms. The first kappa shape index (κ1) is 16.1. The predicted octanol–water partition coefficient (Wildman–Crippen LogP) is 4.36. The van der Waals surface area contributed by atoms with Crippen molar-refractivity contribution in [3.05, 3.63) is 77.5 Å². The Balaban J connectivity index is 1.73. The van der Waals surface area contributed by atoms with E-state index >= 15 is 0 Å². The number of fused-ring (bicyclic) bond motifs is 1. The molecular weight excluding hydrogens is 312 g/mol. The van der Waals surface area contributed by atoms with Crippen LogP contribution in [0.2, 0.25) is 0 Å². The van der Waals surface area contributed by atoms with Gasteiger partial charge in [0.15, 0.2) is 0 Å². The van der Waals surface area contributed by atoms with Crippen molar-refractivity contribution in [3.8, 4) is 0 Å². The maximum absolute atomic E-state index is 13.6. The Bertz CT molecular complexity index is 875. The number of hydrogen-bond acceptors (Lipinski definition) is 3.